The summed E-state index contributed by atoms with van der Waals surface area (Å²) in [5, 5.41) is 3.00. The van der Waals surface area contributed by atoms with E-state index in [0.717, 1.165) is 39.5 Å². The lowest BCUT2D eigenvalue weighted by atomic mass is 10.1. The van der Waals surface area contributed by atoms with Crippen molar-refractivity contribution >= 4 is 22.8 Å². The highest BCUT2D eigenvalue weighted by Crippen LogP contribution is 2.21. The van der Waals surface area contributed by atoms with E-state index in [1.54, 1.807) is 6.20 Å². The van der Waals surface area contributed by atoms with Crippen LogP contribution in [0.2, 0.25) is 0 Å². The van der Waals surface area contributed by atoms with Crippen LogP contribution in [0.5, 0.6) is 0 Å². The average Bonchev–Trinajstić information content (AvgIpc) is 3.04. The Morgan fingerprint density at radius 2 is 1.75 bits per heavy atom. The molecular weight excluding hydrogens is 348 g/mol. The Bertz CT molecular complexity index is 1110. The van der Waals surface area contributed by atoms with Crippen molar-refractivity contribution in [3.63, 3.8) is 0 Å². The highest BCUT2D eigenvalue weighted by molar-refractivity contribution is 5.91. The van der Waals surface area contributed by atoms with Crippen LogP contribution in [0.25, 0.3) is 16.9 Å². The van der Waals surface area contributed by atoms with Gasteiger partial charge in [-0.15, -0.1) is 0 Å². The molecule has 0 bridgehead atoms. The number of aromatic nitrogens is 3. The van der Waals surface area contributed by atoms with Gasteiger partial charge >= 0.3 is 0 Å². The maximum atomic E-state index is 12.5. The molecule has 5 heteroatoms. The molecule has 0 unspecified atom stereocenters. The third-order valence-electron chi connectivity index (χ3n) is 4.58. The predicted molar refractivity (Wildman–Crippen MR) is 112 cm³/mol. The van der Waals surface area contributed by atoms with Crippen LogP contribution in [-0.4, -0.2) is 20.4 Å². The first-order valence-electron chi connectivity index (χ1n) is 9.36. The van der Waals surface area contributed by atoms with Gasteiger partial charge in [0.15, 0.2) is 5.65 Å². The second-order valence-electron chi connectivity index (χ2n) is 6.97. The molecule has 0 aliphatic rings. The van der Waals surface area contributed by atoms with Crippen molar-refractivity contribution in [2.45, 2.75) is 26.7 Å². The zero-order chi connectivity index (χ0) is 19.5. The molecule has 2 aromatic carbocycles. The molecule has 2 aromatic heterocycles. The van der Waals surface area contributed by atoms with Crippen molar-refractivity contribution in [2.75, 3.05) is 5.32 Å². The number of hydrogen-bond donors (Lipinski definition) is 1. The fraction of sp³-hybridized carbons (Fsp3) is 0.174. The maximum absolute atomic E-state index is 12.5. The third kappa shape index (κ3) is 3.78. The first-order valence-corrected chi connectivity index (χ1v) is 9.36. The number of imidazole rings is 1. The number of pyridine rings is 1. The molecular formula is C23H22N4O. The minimum Gasteiger partial charge on any atom is -0.326 e. The van der Waals surface area contributed by atoms with Crippen LogP contribution < -0.4 is 5.32 Å². The van der Waals surface area contributed by atoms with Gasteiger partial charge in [-0.05, 0) is 61.4 Å². The maximum Gasteiger partial charge on any atom is 0.224 e. The molecule has 4 aromatic rings. The number of fused-ring (bicyclic) bond motifs is 1. The Kier molecular flexibility index (Phi) is 4.89. The molecule has 0 spiro atoms. The quantitative estimate of drug-likeness (QED) is 0.558. The monoisotopic (exact) mass is 370 g/mol. The van der Waals surface area contributed by atoms with E-state index in [-0.39, 0.29) is 5.91 Å². The first-order chi connectivity index (χ1) is 13.6. The molecule has 0 atom stereocenters. The van der Waals surface area contributed by atoms with Gasteiger partial charge in [0.1, 0.15) is 11.3 Å². The molecule has 1 N–H and O–H groups in total. The van der Waals surface area contributed by atoms with E-state index in [1.165, 1.54) is 0 Å². The zero-order valence-electron chi connectivity index (χ0n) is 16.0. The van der Waals surface area contributed by atoms with Gasteiger partial charge in [0.2, 0.25) is 5.91 Å². The van der Waals surface area contributed by atoms with E-state index in [1.807, 2.05) is 73.0 Å². The Balaban J connectivity index is 1.57. The van der Waals surface area contributed by atoms with Crippen LogP contribution in [0.4, 0.5) is 5.69 Å². The lowest BCUT2D eigenvalue weighted by Crippen LogP contribution is -2.14. The molecule has 0 fully saturated rings. The van der Waals surface area contributed by atoms with Gasteiger partial charge in [-0.2, -0.15) is 0 Å². The first kappa shape index (κ1) is 17.9. The minimum absolute atomic E-state index is 0.0235. The summed E-state index contributed by atoms with van der Waals surface area (Å²) in [5.74, 6) is 0.806. The van der Waals surface area contributed by atoms with Crippen molar-refractivity contribution in [3.8, 4) is 5.69 Å². The van der Waals surface area contributed by atoms with Crippen molar-refractivity contribution < 1.29 is 4.79 Å². The number of carbonyl (C=O) groups excluding carboxylic acids is 1. The standard InChI is InChI=1S/C23H22N4O/c1-16-13-17(2)15-18(14-16)25-22(28)11-10-21-26-20-9-6-12-24-23(20)27(21)19-7-4-3-5-8-19/h3-9,12-15H,10-11H2,1-2H3,(H,25,28). The fourth-order valence-corrected chi connectivity index (χ4v) is 3.47. The number of amides is 1. The van der Waals surface area contributed by atoms with E-state index in [9.17, 15) is 4.79 Å². The molecule has 4 rings (SSSR count). The summed E-state index contributed by atoms with van der Waals surface area (Å²) in [5.41, 5.74) is 5.73. The van der Waals surface area contributed by atoms with Crippen LogP contribution in [0.15, 0.2) is 66.9 Å². The molecule has 1 amide bonds. The van der Waals surface area contributed by atoms with E-state index < -0.39 is 0 Å². The van der Waals surface area contributed by atoms with Gasteiger partial charge in [0.25, 0.3) is 0 Å². The van der Waals surface area contributed by atoms with Crippen molar-refractivity contribution in [1.29, 1.82) is 0 Å². The molecule has 0 saturated heterocycles. The fourth-order valence-electron chi connectivity index (χ4n) is 3.47. The number of nitrogens with one attached hydrogen (secondary N) is 1. The molecule has 0 radical (unpaired) electrons. The summed E-state index contributed by atoms with van der Waals surface area (Å²) in [6.45, 7) is 4.05. The molecule has 2 heterocycles. The highest BCUT2D eigenvalue weighted by atomic mass is 16.1. The topological polar surface area (TPSA) is 59.8 Å². The smallest absolute Gasteiger partial charge is 0.224 e. The minimum atomic E-state index is -0.0235. The SMILES string of the molecule is Cc1cc(C)cc(NC(=O)CCc2nc3cccnc3n2-c2ccccc2)c1. The second kappa shape index (κ2) is 7.64. The van der Waals surface area contributed by atoms with Gasteiger partial charge in [-0.25, -0.2) is 9.97 Å². The molecule has 0 saturated carbocycles. The molecule has 28 heavy (non-hydrogen) atoms. The van der Waals surface area contributed by atoms with E-state index in [4.69, 9.17) is 4.98 Å². The molecule has 5 nitrogen and oxygen atoms in total. The Hall–Kier alpha value is -3.47. The average molecular weight is 370 g/mol. The number of anilines is 1. The van der Waals surface area contributed by atoms with Gasteiger partial charge in [-0.1, -0.05) is 24.3 Å². The van der Waals surface area contributed by atoms with E-state index in [2.05, 4.69) is 16.4 Å². The van der Waals surface area contributed by atoms with Crippen LogP contribution in [-0.2, 0) is 11.2 Å². The van der Waals surface area contributed by atoms with Crippen molar-refractivity contribution in [1.82, 2.24) is 14.5 Å². The van der Waals surface area contributed by atoms with Gasteiger partial charge in [-0.3, -0.25) is 9.36 Å². The number of aryl methyl sites for hydroxylation is 3. The highest BCUT2D eigenvalue weighted by Gasteiger charge is 2.14. The lowest BCUT2D eigenvalue weighted by Gasteiger charge is -2.10. The predicted octanol–water partition coefficient (Wildman–Crippen LogP) is 4.61. The third-order valence-corrected chi connectivity index (χ3v) is 4.58. The molecule has 0 aliphatic heterocycles. The number of para-hydroxylation sites is 1. The summed E-state index contributed by atoms with van der Waals surface area (Å²) in [7, 11) is 0. The lowest BCUT2D eigenvalue weighted by molar-refractivity contribution is -0.116. The summed E-state index contributed by atoms with van der Waals surface area (Å²) in [6.07, 6.45) is 2.64. The number of hydrogen-bond acceptors (Lipinski definition) is 3. The van der Waals surface area contributed by atoms with Gasteiger partial charge in [0.05, 0.1) is 0 Å². The van der Waals surface area contributed by atoms with Crippen LogP contribution in [0.3, 0.4) is 0 Å². The van der Waals surface area contributed by atoms with Gasteiger partial charge in [0, 0.05) is 30.4 Å². The summed E-state index contributed by atoms with van der Waals surface area (Å²) in [6, 6.07) is 19.9. The number of carbonyl (C=O) groups is 1. The number of nitrogens with zero attached hydrogens (tertiary/aromatic N) is 3. The van der Waals surface area contributed by atoms with E-state index in [0.29, 0.717) is 12.8 Å². The second-order valence-corrected chi connectivity index (χ2v) is 6.97. The Labute approximate surface area is 164 Å². The Morgan fingerprint density at radius 3 is 2.50 bits per heavy atom. The van der Waals surface area contributed by atoms with Gasteiger partial charge < -0.3 is 5.32 Å². The van der Waals surface area contributed by atoms with E-state index >= 15 is 0 Å². The largest absolute Gasteiger partial charge is 0.326 e. The summed E-state index contributed by atoms with van der Waals surface area (Å²) in [4.78, 5) is 21.7. The van der Waals surface area contributed by atoms with Crippen LogP contribution in [0, 0.1) is 13.8 Å². The molecule has 0 aliphatic carbocycles. The number of benzene rings is 2. The Morgan fingerprint density at radius 1 is 1.00 bits per heavy atom. The summed E-state index contributed by atoms with van der Waals surface area (Å²) >= 11 is 0. The number of rotatable bonds is 5. The van der Waals surface area contributed by atoms with Crippen LogP contribution >= 0.6 is 0 Å². The van der Waals surface area contributed by atoms with Crippen LogP contribution in [0.1, 0.15) is 23.4 Å². The zero-order valence-corrected chi connectivity index (χ0v) is 16.0. The normalized spacial score (nSPS) is 10.9. The molecule has 140 valence electrons. The van der Waals surface area contributed by atoms with Crippen molar-refractivity contribution in [2.24, 2.45) is 0 Å². The summed E-state index contributed by atoms with van der Waals surface area (Å²) < 4.78 is 2.03. The van der Waals surface area contributed by atoms with Crippen molar-refractivity contribution in [3.05, 3.63) is 83.8 Å².